The number of aryl methyl sites for hydroxylation is 2. The Hall–Kier alpha value is -2.86. The van der Waals surface area contributed by atoms with E-state index < -0.39 is 6.04 Å². The molecule has 27 heavy (non-hydrogen) atoms. The van der Waals surface area contributed by atoms with Crippen LogP contribution in [0.3, 0.4) is 0 Å². The number of rotatable bonds is 7. The lowest BCUT2D eigenvalue weighted by Crippen LogP contribution is -2.46. The average Bonchev–Trinajstić information content (AvgIpc) is 2.63. The molecule has 0 saturated carbocycles. The van der Waals surface area contributed by atoms with Gasteiger partial charge < -0.3 is 21.1 Å². The molecule has 2 aromatic carbocycles. The minimum Gasteiger partial charge on any atom is -0.455 e. The van der Waals surface area contributed by atoms with Crippen LogP contribution in [-0.2, 0) is 9.59 Å². The van der Waals surface area contributed by atoms with Gasteiger partial charge in [0.25, 0.3) is 0 Å². The summed E-state index contributed by atoms with van der Waals surface area (Å²) in [5, 5.41) is 5.33. The molecule has 0 bridgehead atoms. The van der Waals surface area contributed by atoms with Gasteiger partial charge in [0, 0.05) is 0 Å². The zero-order chi connectivity index (χ0) is 20.0. The lowest BCUT2D eigenvalue weighted by Gasteiger charge is -2.17. The second kappa shape index (κ2) is 9.19. The maximum atomic E-state index is 12.2. The van der Waals surface area contributed by atoms with Gasteiger partial charge in [-0.3, -0.25) is 9.59 Å². The van der Waals surface area contributed by atoms with Crippen LogP contribution < -0.4 is 21.1 Å². The van der Waals surface area contributed by atoms with Crippen molar-refractivity contribution < 1.29 is 14.3 Å². The summed E-state index contributed by atoms with van der Waals surface area (Å²) in [6.07, 6.45) is 0. The molecule has 0 aliphatic heterocycles. The molecule has 0 spiro atoms. The second-order valence-electron chi connectivity index (χ2n) is 6.85. The Morgan fingerprint density at radius 2 is 1.67 bits per heavy atom. The number of para-hydroxylation sites is 3. The number of benzene rings is 2. The van der Waals surface area contributed by atoms with Gasteiger partial charge in [0.1, 0.15) is 5.75 Å². The van der Waals surface area contributed by atoms with Gasteiger partial charge in [-0.15, -0.1) is 0 Å². The molecule has 2 amide bonds. The van der Waals surface area contributed by atoms with Crippen molar-refractivity contribution in [3.05, 3.63) is 53.6 Å². The van der Waals surface area contributed by atoms with E-state index in [1.807, 2.05) is 52.0 Å². The lowest BCUT2D eigenvalue weighted by atomic mass is 10.1. The monoisotopic (exact) mass is 369 g/mol. The minimum absolute atomic E-state index is 0.000427. The van der Waals surface area contributed by atoms with E-state index in [2.05, 4.69) is 10.6 Å². The van der Waals surface area contributed by atoms with Crippen molar-refractivity contribution in [3.8, 4) is 11.5 Å². The number of carbonyl (C=O) groups is 2. The molecule has 0 saturated heterocycles. The summed E-state index contributed by atoms with van der Waals surface area (Å²) >= 11 is 0. The smallest absolute Gasteiger partial charge is 0.243 e. The number of nitrogens with two attached hydrogens (primary N) is 1. The van der Waals surface area contributed by atoms with Gasteiger partial charge in [0.05, 0.1) is 18.3 Å². The zero-order valence-electron chi connectivity index (χ0n) is 16.2. The van der Waals surface area contributed by atoms with Crippen LogP contribution in [0.1, 0.15) is 25.0 Å². The molecule has 4 N–H and O–H groups in total. The average molecular weight is 369 g/mol. The number of ether oxygens (including phenoxy) is 1. The Balaban J connectivity index is 2.05. The van der Waals surface area contributed by atoms with E-state index in [1.165, 1.54) is 0 Å². The second-order valence-corrected chi connectivity index (χ2v) is 6.85. The van der Waals surface area contributed by atoms with Gasteiger partial charge >= 0.3 is 0 Å². The number of hydrogen-bond acceptors (Lipinski definition) is 4. The summed E-state index contributed by atoms with van der Waals surface area (Å²) in [5.74, 6) is 0.598. The van der Waals surface area contributed by atoms with Crippen molar-refractivity contribution in [2.24, 2.45) is 11.7 Å². The van der Waals surface area contributed by atoms with Gasteiger partial charge in [0.15, 0.2) is 5.75 Å². The van der Waals surface area contributed by atoms with Crippen molar-refractivity contribution in [3.63, 3.8) is 0 Å². The highest BCUT2D eigenvalue weighted by atomic mass is 16.5. The highest BCUT2D eigenvalue weighted by Crippen LogP contribution is 2.33. The molecule has 2 rings (SSSR count). The molecular formula is C21H27N3O3. The van der Waals surface area contributed by atoms with Crippen LogP contribution in [0, 0.1) is 19.8 Å². The maximum Gasteiger partial charge on any atom is 0.243 e. The highest BCUT2D eigenvalue weighted by Gasteiger charge is 2.18. The third kappa shape index (κ3) is 5.56. The summed E-state index contributed by atoms with van der Waals surface area (Å²) in [4.78, 5) is 24.1. The van der Waals surface area contributed by atoms with E-state index in [0.29, 0.717) is 11.4 Å². The zero-order valence-corrected chi connectivity index (χ0v) is 16.2. The fraction of sp³-hybridized carbons (Fsp3) is 0.333. The summed E-state index contributed by atoms with van der Waals surface area (Å²) in [5.41, 5.74) is 8.32. The van der Waals surface area contributed by atoms with E-state index in [9.17, 15) is 9.59 Å². The summed E-state index contributed by atoms with van der Waals surface area (Å²) < 4.78 is 6.05. The molecule has 1 atom stereocenters. The largest absolute Gasteiger partial charge is 0.455 e. The van der Waals surface area contributed by atoms with Gasteiger partial charge in [-0.05, 0) is 43.0 Å². The molecule has 6 nitrogen and oxygen atoms in total. The Morgan fingerprint density at radius 3 is 2.30 bits per heavy atom. The number of nitrogens with one attached hydrogen (secondary N) is 2. The van der Waals surface area contributed by atoms with Crippen LogP contribution in [0.2, 0.25) is 0 Å². The van der Waals surface area contributed by atoms with Crippen LogP contribution in [0.4, 0.5) is 5.69 Å². The van der Waals surface area contributed by atoms with Gasteiger partial charge in [-0.2, -0.15) is 0 Å². The Kier molecular flexibility index (Phi) is 6.96. The van der Waals surface area contributed by atoms with Gasteiger partial charge in [-0.1, -0.05) is 44.2 Å². The molecule has 0 aliphatic carbocycles. The van der Waals surface area contributed by atoms with E-state index in [0.717, 1.165) is 16.9 Å². The predicted molar refractivity (Wildman–Crippen MR) is 107 cm³/mol. The first-order chi connectivity index (χ1) is 12.8. The first-order valence-electron chi connectivity index (χ1n) is 8.96. The molecule has 0 aromatic heterocycles. The van der Waals surface area contributed by atoms with E-state index in [-0.39, 0.29) is 24.3 Å². The predicted octanol–water partition coefficient (Wildman–Crippen LogP) is 3.13. The van der Waals surface area contributed by atoms with Crippen LogP contribution >= 0.6 is 0 Å². The van der Waals surface area contributed by atoms with Gasteiger partial charge in [-0.25, -0.2) is 0 Å². The molecule has 2 aromatic rings. The lowest BCUT2D eigenvalue weighted by molar-refractivity contribution is -0.125. The van der Waals surface area contributed by atoms with Crippen molar-refractivity contribution in [2.75, 3.05) is 11.9 Å². The van der Waals surface area contributed by atoms with Crippen molar-refractivity contribution in [1.29, 1.82) is 0 Å². The van der Waals surface area contributed by atoms with E-state index in [1.54, 1.807) is 18.2 Å². The molecular weight excluding hydrogens is 342 g/mol. The summed E-state index contributed by atoms with van der Waals surface area (Å²) in [6, 6.07) is 12.4. The molecule has 0 radical (unpaired) electrons. The quantitative estimate of drug-likeness (QED) is 0.699. The van der Waals surface area contributed by atoms with Crippen LogP contribution in [0.25, 0.3) is 0 Å². The minimum atomic E-state index is -0.641. The summed E-state index contributed by atoms with van der Waals surface area (Å²) in [7, 11) is 0. The Labute approximate surface area is 160 Å². The highest BCUT2D eigenvalue weighted by molar-refractivity contribution is 5.96. The Morgan fingerprint density at radius 1 is 1.04 bits per heavy atom. The van der Waals surface area contributed by atoms with Crippen LogP contribution in [0.5, 0.6) is 11.5 Å². The normalized spacial score (nSPS) is 11.8. The number of anilines is 1. The Bertz CT molecular complexity index is 798. The third-order valence-corrected chi connectivity index (χ3v) is 4.23. The molecule has 144 valence electrons. The number of amides is 2. The van der Waals surface area contributed by atoms with Crippen LogP contribution in [-0.4, -0.2) is 24.4 Å². The maximum absolute atomic E-state index is 12.2. The van der Waals surface area contributed by atoms with E-state index in [4.69, 9.17) is 10.5 Å². The SMILES string of the molecule is Cc1cccc(C)c1Oc1ccccc1NC(=O)CNC(=O)[C@@H](N)C(C)C. The van der Waals surface area contributed by atoms with Crippen molar-refractivity contribution in [1.82, 2.24) is 5.32 Å². The summed E-state index contributed by atoms with van der Waals surface area (Å²) in [6.45, 7) is 7.49. The molecule has 0 aliphatic rings. The fourth-order valence-electron chi connectivity index (χ4n) is 2.51. The first kappa shape index (κ1) is 20.5. The van der Waals surface area contributed by atoms with Crippen LogP contribution in [0.15, 0.2) is 42.5 Å². The fourth-order valence-corrected chi connectivity index (χ4v) is 2.51. The molecule has 6 heteroatoms. The molecule has 0 heterocycles. The van der Waals surface area contributed by atoms with E-state index >= 15 is 0 Å². The molecule has 0 unspecified atom stereocenters. The molecule has 0 fully saturated rings. The third-order valence-electron chi connectivity index (χ3n) is 4.23. The number of hydrogen-bond donors (Lipinski definition) is 3. The van der Waals surface area contributed by atoms with Crippen molar-refractivity contribution in [2.45, 2.75) is 33.7 Å². The van der Waals surface area contributed by atoms with Crippen molar-refractivity contribution >= 4 is 17.5 Å². The number of carbonyl (C=O) groups excluding carboxylic acids is 2. The topological polar surface area (TPSA) is 93.5 Å². The van der Waals surface area contributed by atoms with Gasteiger partial charge in [0.2, 0.25) is 11.8 Å². The standard InChI is InChI=1S/C21H27N3O3/c1-13(2)19(22)21(26)23-12-18(25)24-16-10-5-6-11-17(16)27-20-14(3)8-7-9-15(20)4/h5-11,13,19H,12,22H2,1-4H3,(H,23,26)(H,24,25)/t19-/m0/s1. The first-order valence-corrected chi connectivity index (χ1v) is 8.96.